The number of nitrogens with one attached hydrogen (secondary N) is 1. The van der Waals surface area contributed by atoms with E-state index in [0.29, 0.717) is 18.1 Å². The molecule has 2 heterocycles. The third kappa shape index (κ3) is 3.10. The molecule has 0 saturated carbocycles. The molecule has 0 amide bonds. The first kappa shape index (κ1) is 14.6. The Morgan fingerprint density at radius 2 is 2.25 bits per heavy atom. The predicted octanol–water partition coefficient (Wildman–Crippen LogP) is 4.09. The summed E-state index contributed by atoms with van der Waals surface area (Å²) in [6.45, 7) is 6.60. The lowest BCUT2D eigenvalue weighted by atomic mass is 9.98. The molecular weight excluding hydrogens is 266 g/mol. The topological polar surface area (TPSA) is 21.3 Å². The number of thiophene rings is 1. The lowest BCUT2D eigenvalue weighted by Crippen LogP contribution is -2.29. The lowest BCUT2D eigenvalue weighted by molar-refractivity contribution is 0.0867. The van der Waals surface area contributed by atoms with Gasteiger partial charge in [0.05, 0.1) is 6.10 Å². The average Bonchev–Trinajstić information content (AvgIpc) is 3.10. The van der Waals surface area contributed by atoms with Gasteiger partial charge >= 0.3 is 0 Å². The molecule has 3 heteroatoms. The molecule has 0 spiro atoms. The zero-order chi connectivity index (χ0) is 13.9. The van der Waals surface area contributed by atoms with Gasteiger partial charge in [-0.05, 0) is 63.0 Å². The zero-order valence-electron chi connectivity index (χ0n) is 12.8. The molecule has 1 aromatic heterocycles. The van der Waals surface area contributed by atoms with E-state index in [9.17, 15) is 0 Å². The van der Waals surface area contributed by atoms with Gasteiger partial charge in [0.15, 0.2) is 0 Å². The molecule has 1 saturated heterocycles. The summed E-state index contributed by atoms with van der Waals surface area (Å²) in [6, 6.07) is 2.95. The maximum atomic E-state index is 5.78. The summed E-state index contributed by atoms with van der Waals surface area (Å²) in [7, 11) is 0. The Bertz CT molecular complexity index is 419. The molecular formula is C17H27NOS. The first-order valence-corrected chi connectivity index (χ1v) is 9.06. The molecule has 1 fully saturated rings. The van der Waals surface area contributed by atoms with Crippen LogP contribution < -0.4 is 5.32 Å². The highest BCUT2D eigenvalue weighted by Crippen LogP contribution is 2.33. The summed E-state index contributed by atoms with van der Waals surface area (Å²) >= 11 is 2.04. The van der Waals surface area contributed by atoms with Crippen LogP contribution in [-0.2, 0) is 17.6 Å². The van der Waals surface area contributed by atoms with E-state index < -0.39 is 0 Å². The standard InChI is InChI=1S/C17H27NOS/c1-3-15-14(8-9-19-15)11-18-12(2)17-10-13-6-4-5-7-16(13)20-17/h10,12,14-15,18H,3-9,11H2,1-2H3. The van der Waals surface area contributed by atoms with Crippen LogP contribution in [0.25, 0.3) is 0 Å². The van der Waals surface area contributed by atoms with E-state index in [-0.39, 0.29) is 0 Å². The van der Waals surface area contributed by atoms with Crippen molar-refractivity contribution >= 4 is 11.3 Å². The van der Waals surface area contributed by atoms with Crippen molar-refractivity contribution in [1.29, 1.82) is 0 Å². The fourth-order valence-corrected chi connectivity index (χ4v) is 4.82. The molecule has 1 aliphatic carbocycles. The fourth-order valence-electron chi connectivity index (χ4n) is 3.53. The van der Waals surface area contributed by atoms with Crippen LogP contribution >= 0.6 is 11.3 Å². The fraction of sp³-hybridized carbons (Fsp3) is 0.765. The SMILES string of the molecule is CCC1OCCC1CNC(C)c1cc2c(s1)CCCC2. The molecule has 112 valence electrons. The lowest BCUT2D eigenvalue weighted by Gasteiger charge is -2.20. The number of ether oxygens (including phenoxy) is 1. The molecule has 1 aliphatic heterocycles. The molecule has 2 nitrogen and oxygen atoms in total. The van der Waals surface area contributed by atoms with Crippen molar-refractivity contribution in [2.75, 3.05) is 13.2 Å². The number of aryl methyl sites for hydroxylation is 2. The van der Waals surface area contributed by atoms with Gasteiger partial charge in [-0.25, -0.2) is 0 Å². The Kier molecular flexibility index (Phi) is 4.79. The van der Waals surface area contributed by atoms with Gasteiger partial charge in [-0.2, -0.15) is 0 Å². The van der Waals surface area contributed by atoms with Crippen LogP contribution in [-0.4, -0.2) is 19.3 Å². The maximum absolute atomic E-state index is 5.78. The highest BCUT2D eigenvalue weighted by atomic mass is 32.1. The predicted molar refractivity (Wildman–Crippen MR) is 85.5 cm³/mol. The Morgan fingerprint density at radius 3 is 3.05 bits per heavy atom. The van der Waals surface area contributed by atoms with Crippen LogP contribution in [0, 0.1) is 5.92 Å². The summed E-state index contributed by atoms with van der Waals surface area (Å²) in [6.07, 6.45) is 8.21. The van der Waals surface area contributed by atoms with Crippen molar-refractivity contribution in [2.24, 2.45) is 5.92 Å². The smallest absolute Gasteiger partial charge is 0.0613 e. The Balaban J connectivity index is 1.56. The highest BCUT2D eigenvalue weighted by molar-refractivity contribution is 7.12. The quantitative estimate of drug-likeness (QED) is 0.883. The molecule has 0 aromatic carbocycles. The zero-order valence-corrected chi connectivity index (χ0v) is 13.6. The van der Waals surface area contributed by atoms with Crippen molar-refractivity contribution in [3.63, 3.8) is 0 Å². The monoisotopic (exact) mass is 293 g/mol. The Labute approximate surface area is 126 Å². The maximum Gasteiger partial charge on any atom is 0.0613 e. The Morgan fingerprint density at radius 1 is 1.40 bits per heavy atom. The second-order valence-electron chi connectivity index (χ2n) is 6.30. The van der Waals surface area contributed by atoms with Crippen LogP contribution in [0.15, 0.2) is 6.07 Å². The summed E-state index contributed by atoms with van der Waals surface area (Å²) in [5.74, 6) is 0.706. The van der Waals surface area contributed by atoms with Crippen molar-refractivity contribution in [1.82, 2.24) is 5.32 Å². The van der Waals surface area contributed by atoms with Crippen LogP contribution in [0.5, 0.6) is 0 Å². The molecule has 2 aliphatic rings. The van der Waals surface area contributed by atoms with E-state index in [1.54, 1.807) is 10.4 Å². The van der Waals surface area contributed by atoms with Gasteiger partial charge in [0.2, 0.25) is 0 Å². The van der Waals surface area contributed by atoms with Crippen molar-refractivity contribution in [3.8, 4) is 0 Å². The second kappa shape index (κ2) is 6.59. The summed E-state index contributed by atoms with van der Waals surface area (Å²) in [5, 5.41) is 3.74. The van der Waals surface area contributed by atoms with E-state index in [2.05, 4.69) is 25.2 Å². The summed E-state index contributed by atoms with van der Waals surface area (Å²) in [5.41, 5.74) is 1.63. The van der Waals surface area contributed by atoms with Crippen LogP contribution in [0.2, 0.25) is 0 Å². The molecule has 3 rings (SSSR count). The third-order valence-corrected chi connectivity index (χ3v) is 6.30. The molecule has 20 heavy (non-hydrogen) atoms. The van der Waals surface area contributed by atoms with Crippen LogP contribution in [0.3, 0.4) is 0 Å². The molecule has 1 N–H and O–H groups in total. The third-order valence-electron chi connectivity index (χ3n) is 4.88. The highest BCUT2D eigenvalue weighted by Gasteiger charge is 2.27. The molecule has 0 radical (unpaired) electrons. The first-order valence-electron chi connectivity index (χ1n) is 8.24. The number of hydrogen-bond donors (Lipinski definition) is 1. The van der Waals surface area contributed by atoms with Gasteiger partial charge in [-0.1, -0.05) is 6.92 Å². The first-order chi connectivity index (χ1) is 9.78. The van der Waals surface area contributed by atoms with E-state index >= 15 is 0 Å². The van der Waals surface area contributed by atoms with Gasteiger partial charge in [0, 0.05) is 28.9 Å². The van der Waals surface area contributed by atoms with Gasteiger partial charge in [0.1, 0.15) is 0 Å². The summed E-state index contributed by atoms with van der Waals surface area (Å²) < 4.78 is 5.78. The van der Waals surface area contributed by atoms with E-state index in [1.165, 1.54) is 37.0 Å². The van der Waals surface area contributed by atoms with Crippen LogP contribution in [0.1, 0.15) is 60.9 Å². The van der Waals surface area contributed by atoms with Gasteiger partial charge in [-0.15, -0.1) is 11.3 Å². The van der Waals surface area contributed by atoms with Gasteiger partial charge in [0.25, 0.3) is 0 Å². The minimum atomic E-state index is 0.478. The number of fused-ring (bicyclic) bond motifs is 1. The van der Waals surface area contributed by atoms with E-state index in [0.717, 1.165) is 19.6 Å². The number of hydrogen-bond acceptors (Lipinski definition) is 3. The molecule has 0 bridgehead atoms. The minimum Gasteiger partial charge on any atom is -0.378 e. The van der Waals surface area contributed by atoms with Crippen molar-refractivity contribution in [3.05, 3.63) is 21.4 Å². The van der Waals surface area contributed by atoms with Gasteiger partial charge in [-0.3, -0.25) is 0 Å². The Hall–Kier alpha value is -0.380. The van der Waals surface area contributed by atoms with E-state index in [4.69, 9.17) is 4.74 Å². The molecule has 3 unspecified atom stereocenters. The van der Waals surface area contributed by atoms with Crippen molar-refractivity contribution < 1.29 is 4.74 Å². The molecule has 1 aromatic rings. The minimum absolute atomic E-state index is 0.478. The average molecular weight is 293 g/mol. The van der Waals surface area contributed by atoms with Gasteiger partial charge < -0.3 is 10.1 Å². The number of rotatable bonds is 5. The van der Waals surface area contributed by atoms with Crippen LogP contribution in [0.4, 0.5) is 0 Å². The second-order valence-corrected chi connectivity index (χ2v) is 7.47. The summed E-state index contributed by atoms with van der Waals surface area (Å²) in [4.78, 5) is 3.18. The molecule has 3 atom stereocenters. The van der Waals surface area contributed by atoms with E-state index in [1.807, 2.05) is 11.3 Å². The van der Waals surface area contributed by atoms with Crippen molar-refractivity contribution in [2.45, 2.75) is 64.5 Å². The largest absolute Gasteiger partial charge is 0.378 e. The normalized spacial score (nSPS) is 27.5.